The van der Waals surface area contributed by atoms with Gasteiger partial charge in [0.05, 0.1) is 34.4 Å². The summed E-state index contributed by atoms with van der Waals surface area (Å²) in [5, 5.41) is 2.61. The third-order valence-electron chi connectivity index (χ3n) is 4.56. The van der Waals surface area contributed by atoms with Crippen molar-refractivity contribution in [2.45, 2.75) is 9.79 Å². The largest absolute Gasteiger partial charge is 0.379 e. The van der Waals surface area contributed by atoms with Gasteiger partial charge in [-0.3, -0.25) is 4.72 Å². The zero-order valence-corrected chi connectivity index (χ0v) is 18.7. The number of rotatable bonds is 6. The van der Waals surface area contributed by atoms with Gasteiger partial charge in [0, 0.05) is 27.2 Å². The molecule has 2 amide bonds. The van der Waals surface area contributed by atoms with E-state index in [0.29, 0.717) is 13.2 Å². The highest BCUT2D eigenvalue weighted by atomic mass is 32.2. The fraction of sp³-hybridized carbons (Fsp3) is 0.316. The Hall–Kier alpha value is -2.67. The van der Waals surface area contributed by atoms with Crippen molar-refractivity contribution in [3.8, 4) is 0 Å². The van der Waals surface area contributed by atoms with E-state index in [1.54, 1.807) is 32.3 Å². The number of para-hydroxylation sites is 2. The molecule has 1 fully saturated rings. The lowest BCUT2D eigenvalue weighted by Gasteiger charge is -2.26. The predicted molar refractivity (Wildman–Crippen MR) is 116 cm³/mol. The number of sulfonamides is 2. The van der Waals surface area contributed by atoms with Crippen LogP contribution in [0.2, 0.25) is 0 Å². The third-order valence-corrected chi connectivity index (χ3v) is 7.86. The molecule has 0 radical (unpaired) electrons. The SMILES string of the molecule is CN(C)C(=O)Nc1ccccc1NS(=O)(=O)c1ccc(S(=O)(=O)N2CCOCC2)cc1. The summed E-state index contributed by atoms with van der Waals surface area (Å²) in [5.41, 5.74) is 0.471. The maximum Gasteiger partial charge on any atom is 0.321 e. The minimum atomic E-state index is -4.02. The fourth-order valence-electron chi connectivity index (χ4n) is 2.84. The number of nitrogens with one attached hydrogen (secondary N) is 2. The van der Waals surface area contributed by atoms with Crippen LogP contribution in [0.25, 0.3) is 0 Å². The molecule has 3 rings (SSSR count). The lowest BCUT2D eigenvalue weighted by Crippen LogP contribution is -2.40. The zero-order valence-electron chi connectivity index (χ0n) is 17.1. The first kappa shape index (κ1) is 23.0. The first-order valence-electron chi connectivity index (χ1n) is 9.39. The Kier molecular flexibility index (Phi) is 6.84. The molecule has 1 saturated heterocycles. The van der Waals surface area contributed by atoms with Crippen molar-refractivity contribution in [3.05, 3.63) is 48.5 Å². The van der Waals surface area contributed by atoms with Crippen LogP contribution in [-0.4, -0.2) is 72.5 Å². The van der Waals surface area contributed by atoms with Gasteiger partial charge < -0.3 is 15.0 Å². The lowest BCUT2D eigenvalue weighted by molar-refractivity contribution is 0.0730. The van der Waals surface area contributed by atoms with Gasteiger partial charge in [0.15, 0.2) is 0 Å². The van der Waals surface area contributed by atoms with Gasteiger partial charge in [-0.15, -0.1) is 0 Å². The van der Waals surface area contributed by atoms with Crippen molar-refractivity contribution in [2.75, 3.05) is 50.4 Å². The molecule has 0 atom stereocenters. The molecule has 31 heavy (non-hydrogen) atoms. The van der Waals surface area contributed by atoms with E-state index >= 15 is 0 Å². The maximum atomic E-state index is 12.8. The number of carbonyl (C=O) groups is 1. The van der Waals surface area contributed by atoms with Crippen LogP contribution in [0.4, 0.5) is 16.2 Å². The van der Waals surface area contributed by atoms with E-state index in [2.05, 4.69) is 10.0 Å². The van der Waals surface area contributed by atoms with Gasteiger partial charge in [0.25, 0.3) is 10.0 Å². The minimum Gasteiger partial charge on any atom is -0.379 e. The number of urea groups is 1. The Labute approximate surface area is 181 Å². The van der Waals surface area contributed by atoms with Crippen molar-refractivity contribution in [3.63, 3.8) is 0 Å². The van der Waals surface area contributed by atoms with Crippen molar-refractivity contribution in [1.29, 1.82) is 0 Å². The van der Waals surface area contributed by atoms with Crippen molar-refractivity contribution >= 4 is 37.5 Å². The number of morpholine rings is 1. The van der Waals surface area contributed by atoms with Crippen LogP contribution in [0.3, 0.4) is 0 Å². The smallest absolute Gasteiger partial charge is 0.321 e. The Bertz CT molecular complexity index is 1140. The molecule has 2 aromatic rings. The van der Waals surface area contributed by atoms with Crippen LogP contribution in [0, 0.1) is 0 Å². The molecular formula is C19H24N4O6S2. The summed E-state index contributed by atoms with van der Waals surface area (Å²) in [4.78, 5) is 13.1. The summed E-state index contributed by atoms with van der Waals surface area (Å²) in [6, 6.07) is 10.9. The van der Waals surface area contributed by atoms with Crippen molar-refractivity contribution < 1.29 is 26.4 Å². The number of benzene rings is 2. The van der Waals surface area contributed by atoms with Gasteiger partial charge >= 0.3 is 6.03 Å². The van der Waals surface area contributed by atoms with Crippen LogP contribution in [0.1, 0.15) is 0 Å². The Morgan fingerprint density at radius 1 is 0.903 bits per heavy atom. The second-order valence-electron chi connectivity index (χ2n) is 6.96. The molecule has 0 spiro atoms. The molecule has 2 N–H and O–H groups in total. The number of carbonyl (C=O) groups excluding carboxylic acids is 1. The van der Waals surface area contributed by atoms with E-state index in [-0.39, 0.29) is 34.3 Å². The van der Waals surface area contributed by atoms with Gasteiger partial charge in [-0.2, -0.15) is 4.31 Å². The van der Waals surface area contributed by atoms with E-state index in [1.807, 2.05) is 0 Å². The van der Waals surface area contributed by atoms with Crippen molar-refractivity contribution in [1.82, 2.24) is 9.21 Å². The normalized spacial score (nSPS) is 15.3. The zero-order chi connectivity index (χ0) is 22.6. The quantitative estimate of drug-likeness (QED) is 0.663. The highest BCUT2D eigenvalue weighted by Gasteiger charge is 2.27. The molecular weight excluding hydrogens is 444 g/mol. The highest BCUT2D eigenvalue weighted by molar-refractivity contribution is 7.92. The van der Waals surface area contributed by atoms with Gasteiger partial charge in [-0.1, -0.05) is 12.1 Å². The molecule has 0 aromatic heterocycles. The molecule has 0 bridgehead atoms. The molecule has 1 aliphatic heterocycles. The number of anilines is 2. The van der Waals surface area contributed by atoms with Gasteiger partial charge in [0.2, 0.25) is 10.0 Å². The molecule has 168 valence electrons. The molecule has 0 aliphatic carbocycles. The first-order chi connectivity index (χ1) is 14.6. The average molecular weight is 469 g/mol. The topological polar surface area (TPSA) is 125 Å². The summed E-state index contributed by atoms with van der Waals surface area (Å²) < 4.78 is 60.0. The molecule has 1 aliphatic rings. The third kappa shape index (κ3) is 5.34. The fourth-order valence-corrected chi connectivity index (χ4v) is 5.33. The van der Waals surface area contributed by atoms with Gasteiger partial charge in [-0.25, -0.2) is 21.6 Å². The van der Waals surface area contributed by atoms with E-state index < -0.39 is 26.1 Å². The maximum absolute atomic E-state index is 12.8. The van der Waals surface area contributed by atoms with Gasteiger partial charge in [0.1, 0.15) is 0 Å². The van der Waals surface area contributed by atoms with E-state index in [4.69, 9.17) is 4.74 Å². The van der Waals surface area contributed by atoms with Crippen LogP contribution < -0.4 is 10.0 Å². The van der Waals surface area contributed by atoms with Crippen LogP contribution >= 0.6 is 0 Å². The van der Waals surface area contributed by atoms with Crippen molar-refractivity contribution in [2.24, 2.45) is 0 Å². The summed E-state index contributed by atoms with van der Waals surface area (Å²) in [5.74, 6) is 0. The summed E-state index contributed by atoms with van der Waals surface area (Å²) >= 11 is 0. The molecule has 10 nitrogen and oxygen atoms in total. The average Bonchev–Trinajstić information content (AvgIpc) is 2.75. The van der Waals surface area contributed by atoms with Crippen LogP contribution in [0.5, 0.6) is 0 Å². The number of ether oxygens (including phenoxy) is 1. The predicted octanol–water partition coefficient (Wildman–Crippen LogP) is 1.60. The van der Waals surface area contributed by atoms with Gasteiger partial charge in [-0.05, 0) is 36.4 Å². The highest BCUT2D eigenvalue weighted by Crippen LogP contribution is 2.26. The first-order valence-corrected chi connectivity index (χ1v) is 12.3. The number of nitrogens with zero attached hydrogens (tertiary/aromatic N) is 2. The van der Waals surface area contributed by atoms with E-state index in [9.17, 15) is 21.6 Å². The molecule has 0 saturated carbocycles. The minimum absolute atomic E-state index is 0.00648. The monoisotopic (exact) mass is 468 g/mol. The second-order valence-corrected chi connectivity index (χ2v) is 10.6. The number of hydrogen-bond acceptors (Lipinski definition) is 6. The van der Waals surface area contributed by atoms with Crippen LogP contribution in [0.15, 0.2) is 58.3 Å². The number of hydrogen-bond donors (Lipinski definition) is 2. The second kappa shape index (κ2) is 9.22. The molecule has 0 unspecified atom stereocenters. The number of amides is 2. The van der Waals surface area contributed by atoms with Crippen LogP contribution in [-0.2, 0) is 24.8 Å². The lowest BCUT2D eigenvalue weighted by atomic mass is 10.3. The van der Waals surface area contributed by atoms with E-state index in [1.165, 1.54) is 39.5 Å². The summed E-state index contributed by atoms with van der Waals surface area (Å²) in [6.07, 6.45) is 0. The summed E-state index contributed by atoms with van der Waals surface area (Å²) in [7, 11) is -4.62. The summed E-state index contributed by atoms with van der Waals surface area (Å²) in [6.45, 7) is 1.14. The molecule has 12 heteroatoms. The van der Waals surface area contributed by atoms with E-state index in [0.717, 1.165) is 0 Å². The Balaban J connectivity index is 1.81. The molecule has 1 heterocycles. The molecule has 2 aromatic carbocycles. The Morgan fingerprint density at radius 3 is 2.03 bits per heavy atom. The standard InChI is InChI=1S/C19H24N4O6S2/c1-22(2)19(24)20-17-5-3-4-6-18(17)21-30(25,26)15-7-9-16(10-8-15)31(27,28)23-11-13-29-14-12-23/h3-10,21H,11-14H2,1-2H3,(H,20,24). The Morgan fingerprint density at radius 2 is 1.45 bits per heavy atom.